The van der Waals surface area contributed by atoms with Gasteiger partial charge >= 0.3 is 5.97 Å². The molecule has 2 aromatic rings. The lowest BCUT2D eigenvalue weighted by molar-refractivity contribution is -0.143. The summed E-state index contributed by atoms with van der Waals surface area (Å²) in [4.78, 5) is 18.6. The Hall–Kier alpha value is -1.88. The van der Waals surface area contributed by atoms with Crippen LogP contribution in [0.5, 0.6) is 0 Å². The Bertz CT molecular complexity index is 578. The molecule has 3 heterocycles. The molecule has 1 aliphatic rings. The molecule has 1 saturated heterocycles. The minimum Gasteiger partial charge on any atom is -0.481 e. The normalized spacial score (nSPS) is 24.2. The fourth-order valence-electron chi connectivity index (χ4n) is 2.53. The topological polar surface area (TPSA) is 78.0 Å². The molecule has 0 amide bonds. The number of aromatic nitrogens is 2. The van der Waals surface area contributed by atoms with Gasteiger partial charge in [0, 0.05) is 11.6 Å². The number of carboxylic acids is 1. The maximum Gasteiger partial charge on any atom is 0.306 e. The number of aliphatic carboxylic acids is 1. The van der Waals surface area contributed by atoms with Crippen molar-refractivity contribution in [3.8, 4) is 0 Å². The lowest BCUT2D eigenvalue weighted by Gasteiger charge is -2.27. The molecular formula is C13H15N3O2. The van der Waals surface area contributed by atoms with Crippen LogP contribution in [0.25, 0.3) is 10.9 Å². The fourth-order valence-corrected chi connectivity index (χ4v) is 2.53. The van der Waals surface area contributed by atoms with E-state index in [0.717, 1.165) is 23.1 Å². The Morgan fingerprint density at radius 2 is 2.39 bits per heavy atom. The molecule has 94 valence electrons. The molecule has 2 aromatic heterocycles. The number of nitrogens with zero attached hydrogens (tertiary/aromatic N) is 1. The van der Waals surface area contributed by atoms with Gasteiger partial charge < -0.3 is 15.4 Å². The zero-order valence-corrected chi connectivity index (χ0v) is 9.89. The number of carboxylic acid groups (broad SMARTS) is 1. The summed E-state index contributed by atoms with van der Waals surface area (Å²) in [5.41, 5.74) is 1.93. The fraction of sp³-hybridized carbons (Fsp3) is 0.385. The van der Waals surface area contributed by atoms with Crippen molar-refractivity contribution in [1.29, 1.82) is 0 Å². The summed E-state index contributed by atoms with van der Waals surface area (Å²) in [7, 11) is 0. The van der Waals surface area contributed by atoms with E-state index in [0.29, 0.717) is 12.8 Å². The van der Waals surface area contributed by atoms with Crippen LogP contribution in [-0.4, -0.2) is 27.6 Å². The number of nitrogens with one attached hydrogen (secondary N) is 2. The first-order valence-electron chi connectivity index (χ1n) is 6.13. The Kier molecular flexibility index (Phi) is 2.76. The van der Waals surface area contributed by atoms with E-state index in [1.54, 1.807) is 6.20 Å². The van der Waals surface area contributed by atoms with Gasteiger partial charge in [-0.05, 0) is 31.5 Å². The van der Waals surface area contributed by atoms with Crippen molar-refractivity contribution in [2.45, 2.75) is 18.9 Å². The second-order valence-electron chi connectivity index (χ2n) is 4.74. The molecule has 2 unspecified atom stereocenters. The second kappa shape index (κ2) is 4.42. The van der Waals surface area contributed by atoms with Crippen molar-refractivity contribution in [3.05, 3.63) is 30.2 Å². The molecule has 5 heteroatoms. The molecule has 2 atom stereocenters. The van der Waals surface area contributed by atoms with Crippen LogP contribution in [0.15, 0.2) is 24.5 Å². The first kappa shape index (κ1) is 11.2. The summed E-state index contributed by atoms with van der Waals surface area (Å²) in [6.07, 6.45) is 4.98. The van der Waals surface area contributed by atoms with E-state index in [-0.39, 0.29) is 12.0 Å². The molecular weight excluding hydrogens is 230 g/mol. The predicted octanol–water partition coefficient (Wildman–Crippen LogP) is 1.69. The molecule has 1 aliphatic heterocycles. The number of pyridine rings is 1. The molecule has 5 nitrogen and oxygen atoms in total. The highest BCUT2D eigenvalue weighted by Crippen LogP contribution is 2.27. The predicted molar refractivity (Wildman–Crippen MR) is 67.2 cm³/mol. The zero-order chi connectivity index (χ0) is 12.5. The maximum atomic E-state index is 11.0. The van der Waals surface area contributed by atoms with Crippen molar-refractivity contribution < 1.29 is 9.90 Å². The minimum absolute atomic E-state index is 0.0409. The van der Waals surface area contributed by atoms with E-state index >= 15 is 0 Å². The average Bonchev–Trinajstić information content (AvgIpc) is 2.86. The summed E-state index contributed by atoms with van der Waals surface area (Å²) >= 11 is 0. The Balaban J connectivity index is 1.86. The standard InChI is InChI=1S/C13H15N3O2/c17-13(18)9-2-4-14-10(6-9)11-5-8-1-3-15-12(8)7-16-11/h1,3,5,7,9-10,14-15H,2,4,6H2,(H,17,18). The maximum absolute atomic E-state index is 11.0. The van der Waals surface area contributed by atoms with Crippen LogP contribution in [0.4, 0.5) is 0 Å². The number of fused-ring (bicyclic) bond motifs is 1. The van der Waals surface area contributed by atoms with Gasteiger partial charge in [-0.3, -0.25) is 9.78 Å². The SMILES string of the molecule is O=C(O)C1CCNC(c2cc3cc[nH]c3cn2)C1. The molecule has 18 heavy (non-hydrogen) atoms. The van der Waals surface area contributed by atoms with E-state index in [1.165, 1.54) is 0 Å². The number of hydrogen-bond donors (Lipinski definition) is 3. The summed E-state index contributed by atoms with van der Waals surface area (Å²) in [5, 5.41) is 13.5. The number of piperidine rings is 1. The third-order valence-electron chi connectivity index (χ3n) is 3.57. The van der Waals surface area contributed by atoms with Gasteiger partial charge in [-0.25, -0.2) is 0 Å². The summed E-state index contributed by atoms with van der Waals surface area (Å²) in [6.45, 7) is 0.731. The smallest absolute Gasteiger partial charge is 0.306 e. The summed E-state index contributed by atoms with van der Waals surface area (Å²) in [5.74, 6) is -0.968. The first-order valence-corrected chi connectivity index (χ1v) is 6.13. The minimum atomic E-state index is -0.704. The Labute approximate surface area is 104 Å². The van der Waals surface area contributed by atoms with Crippen molar-refractivity contribution in [3.63, 3.8) is 0 Å². The van der Waals surface area contributed by atoms with E-state index in [1.807, 2.05) is 18.3 Å². The van der Waals surface area contributed by atoms with Gasteiger partial charge in [0.25, 0.3) is 0 Å². The Morgan fingerprint density at radius 3 is 3.22 bits per heavy atom. The van der Waals surface area contributed by atoms with E-state index in [4.69, 9.17) is 5.11 Å². The highest BCUT2D eigenvalue weighted by Gasteiger charge is 2.28. The highest BCUT2D eigenvalue weighted by molar-refractivity contribution is 5.78. The third kappa shape index (κ3) is 1.97. The molecule has 0 aromatic carbocycles. The van der Waals surface area contributed by atoms with E-state index < -0.39 is 5.97 Å². The van der Waals surface area contributed by atoms with Crippen LogP contribution in [0, 0.1) is 5.92 Å². The quantitative estimate of drug-likeness (QED) is 0.752. The van der Waals surface area contributed by atoms with Gasteiger partial charge in [0.1, 0.15) is 0 Å². The molecule has 0 radical (unpaired) electrons. The highest BCUT2D eigenvalue weighted by atomic mass is 16.4. The molecule has 0 saturated carbocycles. The van der Waals surface area contributed by atoms with Gasteiger partial charge in [0.2, 0.25) is 0 Å². The third-order valence-corrected chi connectivity index (χ3v) is 3.57. The monoisotopic (exact) mass is 245 g/mol. The van der Waals surface area contributed by atoms with Crippen LogP contribution >= 0.6 is 0 Å². The van der Waals surface area contributed by atoms with Gasteiger partial charge in [-0.1, -0.05) is 0 Å². The zero-order valence-electron chi connectivity index (χ0n) is 9.89. The van der Waals surface area contributed by atoms with Crippen molar-refractivity contribution in [1.82, 2.24) is 15.3 Å². The largest absolute Gasteiger partial charge is 0.481 e. The van der Waals surface area contributed by atoms with Crippen LogP contribution in [0.1, 0.15) is 24.6 Å². The summed E-state index contributed by atoms with van der Waals surface area (Å²) < 4.78 is 0. The molecule has 0 spiro atoms. The molecule has 3 N–H and O–H groups in total. The van der Waals surface area contributed by atoms with Gasteiger partial charge in [-0.2, -0.15) is 0 Å². The molecule has 0 aliphatic carbocycles. The van der Waals surface area contributed by atoms with Crippen molar-refractivity contribution in [2.75, 3.05) is 6.54 Å². The lowest BCUT2D eigenvalue weighted by Crippen LogP contribution is -2.35. The lowest BCUT2D eigenvalue weighted by atomic mass is 9.90. The van der Waals surface area contributed by atoms with Crippen LogP contribution in [-0.2, 0) is 4.79 Å². The Morgan fingerprint density at radius 1 is 1.50 bits per heavy atom. The average molecular weight is 245 g/mol. The second-order valence-corrected chi connectivity index (χ2v) is 4.74. The number of H-pyrrole nitrogens is 1. The van der Waals surface area contributed by atoms with Crippen molar-refractivity contribution >= 4 is 16.9 Å². The summed E-state index contributed by atoms with van der Waals surface area (Å²) in [6, 6.07) is 4.06. The number of carbonyl (C=O) groups is 1. The van der Waals surface area contributed by atoms with E-state index in [2.05, 4.69) is 15.3 Å². The van der Waals surface area contributed by atoms with Gasteiger partial charge in [-0.15, -0.1) is 0 Å². The van der Waals surface area contributed by atoms with E-state index in [9.17, 15) is 4.79 Å². The van der Waals surface area contributed by atoms with Gasteiger partial charge in [0.15, 0.2) is 0 Å². The first-order chi connectivity index (χ1) is 8.74. The number of rotatable bonds is 2. The number of hydrogen-bond acceptors (Lipinski definition) is 3. The van der Waals surface area contributed by atoms with Crippen LogP contribution in [0.3, 0.4) is 0 Å². The van der Waals surface area contributed by atoms with Gasteiger partial charge in [0.05, 0.1) is 29.4 Å². The number of aromatic amines is 1. The van der Waals surface area contributed by atoms with Crippen LogP contribution < -0.4 is 5.32 Å². The molecule has 0 bridgehead atoms. The molecule has 3 rings (SSSR count). The van der Waals surface area contributed by atoms with Crippen molar-refractivity contribution in [2.24, 2.45) is 5.92 Å². The van der Waals surface area contributed by atoms with Crippen LogP contribution in [0.2, 0.25) is 0 Å². The molecule has 1 fully saturated rings.